The average Bonchev–Trinajstić information content (AvgIpc) is 2.78. The van der Waals surface area contributed by atoms with Gasteiger partial charge in [-0.1, -0.05) is 17.4 Å². The van der Waals surface area contributed by atoms with Gasteiger partial charge in [0.25, 0.3) is 5.19 Å². The van der Waals surface area contributed by atoms with Crippen LogP contribution in [0.2, 0.25) is 0 Å². The van der Waals surface area contributed by atoms with Crippen LogP contribution >= 0.6 is 11.3 Å². The number of nitrogens with zero attached hydrogens (tertiary/aromatic N) is 2. The third kappa shape index (κ3) is 2.02. The van der Waals surface area contributed by atoms with Crippen molar-refractivity contribution in [2.75, 3.05) is 7.11 Å². The van der Waals surface area contributed by atoms with Gasteiger partial charge in [-0.2, -0.15) is 0 Å². The molecule has 0 N–H and O–H groups in total. The Morgan fingerprint density at radius 2 is 2.27 bits per heavy atom. The zero-order valence-electron chi connectivity index (χ0n) is 8.01. The number of hydrogen-bond donors (Lipinski definition) is 0. The third-order valence-electron chi connectivity index (χ3n) is 1.78. The lowest BCUT2D eigenvalue weighted by Gasteiger charge is -1.94. The highest BCUT2D eigenvalue weighted by Gasteiger charge is 2.13. The molecule has 0 saturated carbocycles. The quantitative estimate of drug-likeness (QED) is 0.740. The molecule has 0 aliphatic rings. The molecule has 0 fully saturated rings. The van der Waals surface area contributed by atoms with Gasteiger partial charge >= 0.3 is 0 Å². The molecule has 0 saturated heterocycles. The highest BCUT2D eigenvalue weighted by atomic mass is 32.1. The van der Waals surface area contributed by atoms with E-state index in [9.17, 15) is 4.79 Å². The van der Waals surface area contributed by atoms with E-state index in [4.69, 9.17) is 4.74 Å². The highest BCUT2D eigenvalue weighted by Crippen LogP contribution is 2.21. The predicted molar refractivity (Wildman–Crippen MR) is 56.3 cm³/mol. The number of hydrogen-bond acceptors (Lipinski definition) is 5. The molecule has 0 radical (unpaired) electrons. The number of aromatic nitrogens is 2. The molecular weight excluding hydrogens is 212 g/mol. The molecule has 4 nitrogen and oxygen atoms in total. The van der Waals surface area contributed by atoms with Crippen molar-refractivity contribution in [1.82, 2.24) is 9.97 Å². The first kappa shape index (κ1) is 9.79. The molecule has 2 aromatic rings. The van der Waals surface area contributed by atoms with E-state index in [1.165, 1.54) is 24.6 Å². The molecule has 2 rings (SSSR count). The Labute approximate surface area is 90.6 Å². The summed E-state index contributed by atoms with van der Waals surface area (Å²) in [5.41, 5.74) is 0.420. The summed E-state index contributed by atoms with van der Waals surface area (Å²) in [5.74, 6) is -0.128. The fourth-order valence-electron chi connectivity index (χ4n) is 1.08. The number of carbonyl (C=O) groups is 1. The van der Waals surface area contributed by atoms with E-state index >= 15 is 0 Å². The van der Waals surface area contributed by atoms with Crippen LogP contribution in [0.3, 0.4) is 0 Å². The Balaban J connectivity index is 2.29. The van der Waals surface area contributed by atoms with Gasteiger partial charge < -0.3 is 4.74 Å². The maximum atomic E-state index is 11.8. The normalized spacial score (nSPS) is 9.93. The second kappa shape index (κ2) is 4.18. The summed E-state index contributed by atoms with van der Waals surface area (Å²) in [6, 6.07) is 5.22. The Kier molecular flexibility index (Phi) is 2.73. The summed E-state index contributed by atoms with van der Waals surface area (Å²) in [6.45, 7) is 0. The summed E-state index contributed by atoms with van der Waals surface area (Å²) < 4.78 is 4.92. The maximum Gasteiger partial charge on any atom is 0.273 e. The number of methoxy groups -OCH3 is 1. The van der Waals surface area contributed by atoms with Crippen LogP contribution < -0.4 is 4.74 Å². The van der Waals surface area contributed by atoms with Crippen LogP contribution in [0.15, 0.2) is 30.6 Å². The van der Waals surface area contributed by atoms with Crippen LogP contribution in [-0.2, 0) is 0 Å². The third-order valence-corrected chi connectivity index (χ3v) is 2.74. The molecule has 2 heterocycles. The van der Waals surface area contributed by atoms with Crippen molar-refractivity contribution in [2.24, 2.45) is 0 Å². The highest BCUT2D eigenvalue weighted by molar-refractivity contribution is 7.15. The number of pyridine rings is 1. The summed E-state index contributed by atoms with van der Waals surface area (Å²) >= 11 is 1.21. The van der Waals surface area contributed by atoms with Gasteiger partial charge in [0.2, 0.25) is 5.78 Å². The van der Waals surface area contributed by atoms with Crippen LogP contribution in [0, 0.1) is 0 Å². The number of thiazole rings is 1. The van der Waals surface area contributed by atoms with E-state index in [2.05, 4.69) is 9.97 Å². The average molecular weight is 220 g/mol. The lowest BCUT2D eigenvalue weighted by atomic mass is 10.2. The molecule has 0 amide bonds. The lowest BCUT2D eigenvalue weighted by Crippen LogP contribution is -2.00. The molecule has 0 aromatic carbocycles. The SMILES string of the molecule is COc1ncc(C(=O)c2ccccn2)s1. The van der Waals surface area contributed by atoms with Crippen molar-refractivity contribution in [2.45, 2.75) is 0 Å². The van der Waals surface area contributed by atoms with Crippen LogP contribution in [0.1, 0.15) is 15.4 Å². The summed E-state index contributed by atoms with van der Waals surface area (Å²) in [7, 11) is 1.52. The van der Waals surface area contributed by atoms with Crippen LogP contribution in [0.25, 0.3) is 0 Å². The van der Waals surface area contributed by atoms with Gasteiger partial charge in [0, 0.05) is 6.20 Å². The molecule has 0 bridgehead atoms. The molecule has 2 aromatic heterocycles. The van der Waals surface area contributed by atoms with Crippen molar-refractivity contribution in [3.05, 3.63) is 41.2 Å². The topological polar surface area (TPSA) is 52.1 Å². The second-order valence-corrected chi connectivity index (χ2v) is 3.73. The van der Waals surface area contributed by atoms with Crippen molar-refractivity contribution in [3.8, 4) is 5.19 Å². The van der Waals surface area contributed by atoms with Crippen molar-refractivity contribution >= 4 is 17.1 Å². The van der Waals surface area contributed by atoms with E-state index < -0.39 is 0 Å². The Morgan fingerprint density at radius 1 is 1.40 bits per heavy atom. The van der Waals surface area contributed by atoms with Crippen LogP contribution in [0.4, 0.5) is 0 Å². The molecular formula is C10H8N2O2S. The monoisotopic (exact) mass is 220 g/mol. The first-order valence-corrected chi connectivity index (χ1v) is 5.08. The van der Waals surface area contributed by atoms with Gasteiger partial charge in [0.05, 0.1) is 13.3 Å². The number of ether oxygens (including phenoxy) is 1. The summed E-state index contributed by atoms with van der Waals surface area (Å²) in [5, 5.41) is 0.481. The van der Waals surface area contributed by atoms with Crippen molar-refractivity contribution in [3.63, 3.8) is 0 Å². The first-order valence-electron chi connectivity index (χ1n) is 4.27. The number of ketones is 1. The van der Waals surface area contributed by atoms with Gasteiger partial charge in [-0.05, 0) is 12.1 Å². The molecule has 0 aliphatic heterocycles. The van der Waals surface area contributed by atoms with Gasteiger partial charge in [-0.15, -0.1) is 0 Å². The van der Waals surface area contributed by atoms with Gasteiger partial charge in [0.15, 0.2) is 0 Å². The first-order chi connectivity index (χ1) is 7.31. The molecule has 76 valence electrons. The smallest absolute Gasteiger partial charge is 0.273 e. The zero-order valence-corrected chi connectivity index (χ0v) is 8.82. The Bertz CT molecular complexity index is 467. The molecule has 0 unspecified atom stereocenters. The van der Waals surface area contributed by atoms with Gasteiger partial charge in [-0.25, -0.2) is 4.98 Å². The molecule has 0 atom stereocenters. The minimum atomic E-state index is -0.128. The van der Waals surface area contributed by atoms with Gasteiger partial charge in [-0.3, -0.25) is 9.78 Å². The fourth-order valence-corrected chi connectivity index (χ4v) is 1.76. The van der Waals surface area contributed by atoms with E-state index in [0.717, 1.165) is 0 Å². The standard InChI is InChI=1S/C10H8N2O2S/c1-14-10-12-6-8(15-10)9(13)7-4-2-3-5-11-7/h2-6H,1H3. The fraction of sp³-hybridized carbons (Fsp3) is 0.100. The number of carbonyl (C=O) groups excluding carboxylic acids is 1. The van der Waals surface area contributed by atoms with Crippen LogP contribution in [0.5, 0.6) is 5.19 Å². The molecule has 0 spiro atoms. The summed E-state index contributed by atoms with van der Waals surface area (Å²) in [6.07, 6.45) is 3.09. The number of rotatable bonds is 3. The summed E-state index contributed by atoms with van der Waals surface area (Å²) in [4.78, 5) is 20.3. The van der Waals surface area contributed by atoms with E-state index in [1.54, 1.807) is 24.4 Å². The Morgan fingerprint density at radius 3 is 2.87 bits per heavy atom. The molecule has 15 heavy (non-hydrogen) atoms. The van der Waals surface area contributed by atoms with Crippen molar-refractivity contribution < 1.29 is 9.53 Å². The van der Waals surface area contributed by atoms with Crippen molar-refractivity contribution in [1.29, 1.82) is 0 Å². The minimum Gasteiger partial charge on any atom is -0.473 e. The van der Waals surface area contributed by atoms with E-state index in [-0.39, 0.29) is 5.78 Å². The minimum absolute atomic E-state index is 0.128. The maximum absolute atomic E-state index is 11.8. The lowest BCUT2D eigenvalue weighted by molar-refractivity contribution is 0.103. The zero-order chi connectivity index (χ0) is 10.7. The van der Waals surface area contributed by atoms with Crippen LogP contribution in [-0.4, -0.2) is 22.9 Å². The molecule has 5 heteroatoms. The largest absolute Gasteiger partial charge is 0.473 e. The van der Waals surface area contributed by atoms with Gasteiger partial charge in [0.1, 0.15) is 10.6 Å². The predicted octanol–water partition coefficient (Wildman–Crippen LogP) is 1.78. The Hall–Kier alpha value is -1.75. The molecule has 0 aliphatic carbocycles. The van der Waals surface area contributed by atoms with E-state index in [0.29, 0.717) is 15.8 Å². The van der Waals surface area contributed by atoms with E-state index in [1.807, 2.05) is 0 Å². The second-order valence-electron chi connectivity index (χ2n) is 2.74.